The fourth-order valence-electron chi connectivity index (χ4n) is 3.80. The first-order valence-electron chi connectivity index (χ1n) is 11.0. The van der Waals surface area contributed by atoms with Crippen LogP contribution in [0.1, 0.15) is 41.6 Å². The Bertz CT molecular complexity index is 883. The van der Waals surface area contributed by atoms with E-state index in [9.17, 15) is 9.59 Å². The lowest BCUT2D eigenvalue weighted by Gasteiger charge is -2.33. The molecule has 0 aliphatic carbocycles. The third kappa shape index (κ3) is 6.15. The van der Waals surface area contributed by atoms with Crippen LogP contribution in [-0.2, 0) is 4.79 Å². The van der Waals surface area contributed by atoms with E-state index in [1.54, 1.807) is 37.3 Å². The Kier molecular flexibility index (Phi) is 8.36. The summed E-state index contributed by atoms with van der Waals surface area (Å²) >= 11 is 0. The van der Waals surface area contributed by atoms with Crippen molar-refractivity contribution >= 4 is 11.8 Å². The van der Waals surface area contributed by atoms with Gasteiger partial charge in [0.05, 0.1) is 20.8 Å². The number of nitrogens with zero attached hydrogens (tertiary/aromatic N) is 1. The van der Waals surface area contributed by atoms with Crippen LogP contribution in [0.5, 0.6) is 17.2 Å². The highest BCUT2D eigenvalue weighted by Gasteiger charge is 2.28. The number of carbonyl (C=O) groups excluding carboxylic acids is 2. The van der Waals surface area contributed by atoms with E-state index >= 15 is 0 Å². The first-order chi connectivity index (χ1) is 15.5. The lowest BCUT2D eigenvalue weighted by Crippen LogP contribution is -2.46. The van der Waals surface area contributed by atoms with E-state index in [4.69, 9.17) is 14.2 Å². The van der Waals surface area contributed by atoms with E-state index in [1.165, 1.54) is 5.56 Å². The lowest BCUT2D eigenvalue weighted by atomic mass is 10.0. The fraction of sp³-hybridized carbons (Fsp3) is 0.440. The topological polar surface area (TPSA) is 77.1 Å². The molecule has 172 valence electrons. The summed E-state index contributed by atoms with van der Waals surface area (Å²) in [5.74, 6) is 1.72. The molecule has 2 aromatic rings. The molecule has 0 saturated carbocycles. The Morgan fingerprint density at radius 1 is 1.00 bits per heavy atom. The van der Waals surface area contributed by atoms with Crippen molar-refractivity contribution in [1.82, 2.24) is 10.2 Å². The van der Waals surface area contributed by atoms with Gasteiger partial charge in [-0.2, -0.15) is 0 Å². The van der Waals surface area contributed by atoms with Crippen LogP contribution in [0.15, 0.2) is 42.5 Å². The summed E-state index contributed by atoms with van der Waals surface area (Å²) in [6.07, 6.45) is 2.51. The van der Waals surface area contributed by atoms with Crippen LogP contribution < -0.4 is 19.5 Å². The number of carbonyl (C=O) groups is 2. The molecule has 1 N–H and O–H groups in total. The number of rotatable bonds is 9. The van der Waals surface area contributed by atoms with Gasteiger partial charge in [0.1, 0.15) is 22.8 Å². The number of methoxy groups -OCH3 is 2. The second kappa shape index (κ2) is 11.4. The molecular weight excluding hydrogens is 408 g/mol. The quantitative estimate of drug-likeness (QED) is 0.603. The molecule has 0 bridgehead atoms. The van der Waals surface area contributed by atoms with Crippen LogP contribution in [0.25, 0.3) is 0 Å². The van der Waals surface area contributed by atoms with Gasteiger partial charge in [0.2, 0.25) is 5.91 Å². The maximum atomic E-state index is 13.1. The highest BCUT2D eigenvalue weighted by Crippen LogP contribution is 2.30. The molecule has 0 radical (unpaired) electrons. The average Bonchev–Trinajstić information content (AvgIpc) is 2.82. The van der Waals surface area contributed by atoms with Crippen molar-refractivity contribution in [1.29, 1.82) is 0 Å². The first-order valence-corrected chi connectivity index (χ1v) is 11.0. The zero-order valence-corrected chi connectivity index (χ0v) is 19.1. The summed E-state index contributed by atoms with van der Waals surface area (Å²) < 4.78 is 16.4. The maximum Gasteiger partial charge on any atom is 0.261 e. The van der Waals surface area contributed by atoms with Crippen molar-refractivity contribution in [2.75, 3.05) is 33.9 Å². The third-order valence-electron chi connectivity index (χ3n) is 5.63. The van der Waals surface area contributed by atoms with Gasteiger partial charge >= 0.3 is 0 Å². The monoisotopic (exact) mass is 440 g/mol. The van der Waals surface area contributed by atoms with E-state index in [-0.39, 0.29) is 17.9 Å². The Morgan fingerprint density at radius 3 is 2.22 bits per heavy atom. The molecule has 2 amide bonds. The van der Waals surface area contributed by atoms with Crippen LogP contribution in [0.2, 0.25) is 0 Å². The zero-order chi connectivity index (χ0) is 22.9. The van der Waals surface area contributed by atoms with Crippen LogP contribution in [-0.4, -0.2) is 56.7 Å². The van der Waals surface area contributed by atoms with Crippen molar-refractivity contribution < 1.29 is 23.8 Å². The third-order valence-corrected chi connectivity index (χ3v) is 5.63. The molecule has 1 heterocycles. The van der Waals surface area contributed by atoms with E-state index in [2.05, 4.69) is 5.32 Å². The predicted octanol–water partition coefficient (Wildman–Crippen LogP) is 3.59. The van der Waals surface area contributed by atoms with Crippen molar-refractivity contribution in [3.05, 3.63) is 53.6 Å². The molecular formula is C25H32N2O5. The number of benzene rings is 2. The molecule has 1 fully saturated rings. The normalized spacial score (nSPS) is 14.0. The van der Waals surface area contributed by atoms with Crippen LogP contribution in [0.3, 0.4) is 0 Å². The number of ether oxygens (including phenoxy) is 3. The molecule has 0 spiro atoms. The molecule has 3 rings (SSSR count). The molecule has 7 nitrogen and oxygen atoms in total. The van der Waals surface area contributed by atoms with E-state index in [0.717, 1.165) is 18.6 Å². The van der Waals surface area contributed by atoms with Gasteiger partial charge in [0.25, 0.3) is 5.91 Å². The van der Waals surface area contributed by atoms with Crippen molar-refractivity contribution in [2.24, 2.45) is 0 Å². The Labute approximate surface area is 189 Å². The Balaban J connectivity index is 1.41. The fourth-order valence-corrected chi connectivity index (χ4v) is 3.80. The van der Waals surface area contributed by atoms with Gasteiger partial charge in [0.15, 0.2) is 0 Å². The number of hydrogen-bond acceptors (Lipinski definition) is 5. The minimum Gasteiger partial charge on any atom is -0.496 e. The molecule has 0 aromatic heterocycles. The van der Waals surface area contributed by atoms with Crippen molar-refractivity contribution in [3.8, 4) is 17.2 Å². The summed E-state index contributed by atoms with van der Waals surface area (Å²) in [7, 11) is 3.08. The molecule has 1 aliphatic rings. The summed E-state index contributed by atoms with van der Waals surface area (Å²) in [6, 6.07) is 13.3. The molecule has 1 saturated heterocycles. The minimum absolute atomic E-state index is 0.0219. The van der Waals surface area contributed by atoms with E-state index < -0.39 is 0 Å². The smallest absolute Gasteiger partial charge is 0.261 e. The Hall–Kier alpha value is -3.22. The average molecular weight is 441 g/mol. The van der Waals surface area contributed by atoms with E-state index in [0.29, 0.717) is 49.6 Å². The number of aryl methyl sites for hydroxylation is 1. The molecule has 2 aromatic carbocycles. The maximum absolute atomic E-state index is 13.1. The second-order valence-corrected chi connectivity index (χ2v) is 7.94. The standard InChI is InChI=1S/C25H32N2O5/c1-18-9-11-20(12-10-18)32-17-5-8-23(28)26-19-13-15-27(16-14-19)25(29)24-21(30-2)6-4-7-22(24)31-3/h4,6-7,9-12,19H,5,8,13-17H2,1-3H3,(H,26,28). The molecule has 7 heteroatoms. The lowest BCUT2D eigenvalue weighted by molar-refractivity contribution is -0.122. The first kappa shape index (κ1) is 23.4. The van der Waals surface area contributed by atoms with Crippen LogP contribution in [0, 0.1) is 6.92 Å². The SMILES string of the molecule is COc1cccc(OC)c1C(=O)N1CCC(NC(=O)CCCOc2ccc(C)cc2)CC1. The largest absolute Gasteiger partial charge is 0.496 e. The van der Waals surface area contributed by atoms with Gasteiger partial charge in [0, 0.05) is 25.6 Å². The van der Waals surface area contributed by atoms with Gasteiger partial charge in [-0.15, -0.1) is 0 Å². The number of hydrogen-bond donors (Lipinski definition) is 1. The van der Waals surface area contributed by atoms with Gasteiger partial charge in [-0.25, -0.2) is 0 Å². The summed E-state index contributed by atoms with van der Waals surface area (Å²) in [5.41, 5.74) is 1.63. The molecule has 0 unspecified atom stereocenters. The van der Waals surface area contributed by atoms with E-state index in [1.807, 2.05) is 31.2 Å². The predicted molar refractivity (Wildman–Crippen MR) is 123 cm³/mol. The summed E-state index contributed by atoms with van der Waals surface area (Å²) in [4.78, 5) is 27.1. The number of likely N-dealkylation sites (tertiary alicyclic amines) is 1. The minimum atomic E-state index is -0.114. The van der Waals surface area contributed by atoms with Gasteiger partial charge in [-0.1, -0.05) is 23.8 Å². The molecule has 32 heavy (non-hydrogen) atoms. The highest BCUT2D eigenvalue weighted by atomic mass is 16.5. The number of nitrogens with one attached hydrogen (secondary N) is 1. The van der Waals surface area contributed by atoms with Gasteiger partial charge < -0.3 is 24.4 Å². The Morgan fingerprint density at radius 2 is 1.62 bits per heavy atom. The van der Waals surface area contributed by atoms with Crippen molar-refractivity contribution in [2.45, 2.75) is 38.6 Å². The zero-order valence-electron chi connectivity index (χ0n) is 19.1. The van der Waals surface area contributed by atoms with Gasteiger partial charge in [-0.05, 0) is 50.5 Å². The number of piperidine rings is 1. The molecule has 1 aliphatic heterocycles. The number of amides is 2. The van der Waals surface area contributed by atoms with Crippen molar-refractivity contribution in [3.63, 3.8) is 0 Å². The molecule has 0 atom stereocenters. The summed E-state index contributed by atoms with van der Waals surface area (Å²) in [6.45, 7) is 3.68. The van der Waals surface area contributed by atoms with Gasteiger partial charge in [-0.3, -0.25) is 9.59 Å². The van der Waals surface area contributed by atoms with Crippen LogP contribution in [0.4, 0.5) is 0 Å². The highest BCUT2D eigenvalue weighted by molar-refractivity contribution is 5.99. The summed E-state index contributed by atoms with van der Waals surface area (Å²) in [5, 5.41) is 3.09. The second-order valence-electron chi connectivity index (χ2n) is 7.94. The van der Waals surface area contributed by atoms with Crippen LogP contribution >= 0.6 is 0 Å².